The summed E-state index contributed by atoms with van der Waals surface area (Å²) < 4.78 is 0. The Morgan fingerprint density at radius 2 is 1.90 bits per heavy atom. The molecular weight excluding hydrogens is 260 g/mol. The number of benzene rings is 1. The van der Waals surface area contributed by atoms with E-state index in [0.29, 0.717) is 11.8 Å². The summed E-state index contributed by atoms with van der Waals surface area (Å²) in [5, 5.41) is 3.38. The lowest BCUT2D eigenvalue weighted by Crippen LogP contribution is -2.46. The van der Waals surface area contributed by atoms with Crippen molar-refractivity contribution in [2.24, 2.45) is 5.92 Å². The zero-order valence-electron chi connectivity index (χ0n) is 12.9. The van der Waals surface area contributed by atoms with E-state index in [4.69, 9.17) is 0 Å². The molecule has 0 radical (unpaired) electrons. The van der Waals surface area contributed by atoms with E-state index in [1.165, 1.54) is 18.4 Å². The topological polar surface area (TPSA) is 32.3 Å². The average molecular weight is 286 g/mol. The van der Waals surface area contributed by atoms with Gasteiger partial charge >= 0.3 is 0 Å². The van der Waals surface area contributed by atoms with Gasteiger partial charge in [-0.1, -0.05) is 37.3 Å². The molecular formula is C18H26N2O. The standard InChI is InChI=1S/C18H26N2O/c1-2-19-17-11-10-16(15-6-4-3-5-7-15)13-20(18(17)21)12-14-8-9-14/h3-7,14,16-17,19H,2,8-13H2,1H3/t16-,17-/m1/s1. The number of carbonyl (C=O) groups excluding carboxylic acids is 1. The van der Waals surface area contributed by atoms with Crippen LogP contribution in [0.15, 0.2) is 30.3 Å². The van der Waals surface area contributed by atoms with Crippen molar-refractivity contribution in [3.8, 4) is 0 Å². The van der Waals surface area contributed by atoms with E-state index < -0.39 is 0 Å². The van der Waals surface area contributed by atoms with Crippen molar-refractivity contribution in [3.05, 3.63) is 35.9 Å². The number of amides is 1. The van der Waals surface area contributed by atoms with Gasteiger partial charge in [-0.05, 0) is 43.7 Å². The summed E-state index contributed by atoms with van der Waals surface area (Å²) >= 11 is 0. The molecule has 1 saturated carbocycles. The van der Waals surface area contributed by atoms with Gasteiger partial charge in [-0.2, -0.15) is 0 Å². The van der Waals surface area contributed by atoms with E-state index in [1.54, 1.807) is 0 Å². The Kier molecular flexibility index (Phi) is 4.59. The van der Waals surface area contributed by atoms with Gasteiger partial charge < -0.3 is 10.2 Å². The fourth-order valence-electron chi connectivity index (χ4n) is 3.37. The van der Waals surface area contributed by atoms with Crippen molar-refractivity contribution in [1.29, 1.82) is 0 Å². The first-order valence-electron chi connectivity index (χ1n) is 8.35. The molecule has 0 spiro atoms. The molecule has 1 aliphatic heterocycles. The van der Waals surface area contributed by atoms with Crippen LogP contribution in [0.25, 0.3) is 0 Å². The molecule has 21 heavy (non-hydrogen) atoms. The van der Waals surface area contributed by atoms with E-state index in [-0.39, 0.29) is 6.04 Å². The molecule has 3 rings (SSSR count). The van der Waals surface area contributed by atoms with Crippen LogP contribution in [0.5, 0.6) is 0 Å². The normalized spacial score (nSPS) is 26.7. The third-order valence-corrected chi connectivity index (χ3v) is 4.75. The number of nitrogens with zero attached hydrogens (tertiary/aromatic N) is 1. The highest BCUT2D eigenvalue weighted by atomic mass is 16.2. The maximum absolute atomic E-state index is 12.7. The summed E-state index contributed by atoms with van der Waals surface area (Å²) in [5.74, 6) is 1.56. The molecule has 2 atom stereocenters. The molecule has 1 aromatic carbocycles. The molecule has 3 heteroatoms. The predicted molar refractivity (Wildman–Crippen MR) is 85.2 cm³/mol. The van der Waals surface area contributed by atoms with Crippen molar-refractivity contribution in [1.82, 2.24) is 10.2 Å². The van der Waals surface area contributed by atoms with Gasteiger partial charge in [-0.3, -0.25) is 4.79 Å². The Morgan fingerprint density at radius 3 is 2.57 bits per heavy atom. The number of likely N-dealkylation sites (tertiary alicyclic amines) is 1. The van der Waals surface area contributed by atoms with Crippen molar-refractivity contribution in [2.45, 2.75) is 44.6 Å². The predicted octanol–water partition coefficient (Wildman–Crippen LogP) is 2.78. The smallest absolute Gasteiger partial charge is 0.239 e. The highest BCUT2D eigenvalue weighted by molar-refractivity contribution is 5.82. The minimum Gasteiger partial charge on any atom is -0.340 e. The third-order valence-electron chi connectivity index (χ3n) is 4.75. The molecule has 1 amide bonds. The number of nitrogens with one attached hydrogen (secondary N) is 1. The van der Waals surface area contributed by atoms with Gasteiger partial charge in [0.2, 0.25) is 5.91 Å². The van der Waals surface area contributed by atoms with Crippen LogP contribution in [-0.2, 0) is 4.79 Å². The lowest BCUT2D eigenvalue weighted by atomic mass is 9.93. The molecule has 114 valence electrons. The number of likely N-dealkylation sites (N-methyl/N-ethyl adjacent to an activating group) is 1. The Bertz CT molecular complexity index is 469. The molecule has 2 aliphatic rings. The van der Waals surface area contributed by atoms with Crippen molar-refractivity contribution in [2.75, 3.05) is 19.6 Å². The molecule has 1 N–H and O–H groups in total. The number of rotatable bonds is 5. The van der Waals surface area contributed by atoms with Gasteiger partial charge in [0.05, 0.1) is 6.04 Å². The average Bonchev–Trinajstić information content (AvgIpc) is 3.33. The molecule has 0 aromatic heterocycles. The maximum atomic E-state index is 12.7. The zero-order chi connectivity index (χ0) is 14.7. The highest BCUT2D eigenvalue weighted by Crippen LogP contribution is 2.33. The van der Waals surface area contributed by atoms with Crippen molar-refractivity contribution in [3.63, 3.8) is 0 Å². The maximum Gasteiger partial charge on any atom is 0.239 e. The van der Waals surface area contributed by atoms with Crippen LogP contribution in [0.1, 0.15) is 44.1 Å². The van der Waals surface area contributed by atoms with E-state index in [2.05, 4.69) is 47.5 Å². The minimum absolute atomic E-state index is 0.0162. The van der Waals surface area contributed by atoms with Crippen LogP contribution in [0.2, 0.25) is 0 Å². The summed E-state index contributed by atoms with van der Waals surface area (Å²) in [7, 11) is 0. The number of carbonyl (C=O) groups is 1. The van der Waals surface area contributed by atoms with Crippen LogP contribution >= 0.6 is 0 Å². The fraction of sp³-hybridized carbons (Fsp3) is 0.611. The minimum atomic E-state index is 0.0162. The lowest BCUT2D eigenvalue weighted by molar-refractivity contribution is -0.133. The summed E-state index contributed by atoms with van der Waals surface area (Å²) in [6.07, 6.45) is 4.64. The van der Waals surface area contributed by atoms with Gasteiger partial charge in [-0.15, -0.1) is 0 Å². The molecule has 1 aromatic rings. The van der Waals surface area contributed by atoms with Gasteiger partial charge in [0, 0.05) is 19.0 Å². The van der Waals surface area contributed by atoms with Gasteiger partial charge in [0.1, 0.15) is 0 Å². The monoisotopic (exact) mass is 286 g/mol. The molecule has 2 fully saturated rings. The van der Waals surface area contributed by atoms with Crippen LogP contribution in [-0.4, -0.2) is 36.5 Å². The van der Waals surface area contributed by atoms with Gasteiger partial charge in [0.15, 0.2) is 0 Å². The summed E-state index contributed by atoms with van der Waals surface area (Å²) in [4.78, 5) is 14.9. The number of hydrogen-bond acceptors (Lipinski definition) is 2. The highest BCUT2D eigenvalue weighted by Gasteiger charge is 2.34. The Morgan fingerprint density at radius 1 is 1.14 bits per heavy atom. The zero-order valence-corrected chi connectivity index (χ0v) is 12.9. The SMILES string of the molecule is CCN[C@@H]1CC[C@@H](c2ccccc2)CN(CC2CC2)C1=O. The summed E-state index contributed by atoms with van der Waals surface area (Å²) in [6, 6.07) is 10.7. The second-order valence-corrected chi connectivity index (χ2v) is 6.48. The van der Waals surface area contributed by atoms with E-state index in [9.17, 15) is 4.79 Å². The first-order chi connectivity index (χ1) is 10.3. The molecule has 0 bridgehead atoms. The van der Waals surface area contributed by atoms with Gasteiger partial charge in [0.25, 0.3) is 0 Å². The molecule has 1 aliphatic carbocycles. The van der Waals surface area contributed by atoms with Crippen LogP contribution in [0.3, 0.4) is 0 Å². The molecule has 0 unspecified atom stereocenters. The molecule has 1 saturated heterocycles. The fourth-order valence-corrected chi connectivity index (χ4v) is 3.37. The Balaban J connectivity index is 1.76. The molecule has 3 nitrogen and oxygen atoms in total. The third kappa shape index (κ3) is 3.65. The largest absolute Gasteiger partial charge is 0.340 e. The number of hydrogen-bond donors (Lipinski definition) is 1. The molecule has 1 heterocycles. The van der Waals surface area contributed by atoms with Crippen LogP contribution < -0.4 is 5.32 Å². The summed E-state index contributed by atoms with van der Waals surface area (Å²) in [5.41, 5.74) is 1.38. The summed E-state index contributed by atoms with van der Waals surface area (Å²) in [6.45, 7) is 4.80. The quantitative estimate of drug-likeness (QED) is 0.902. The lowest BCUT2D eigenvalue weighted by Gasteiger charge is -2.26. The van der Waals surface area contributed by atoms with Crippen LogP contribution in [0.4, 0.5) is 0 Å². The second-order valence-electron chi connectivity index (χ2n) is 6.48. The first-order valence-corrected chi connectivity index (χ1v) is 8.35. The van der Waals surface area contributed by atoms with E-state index in [0.717, 1.165) is 38.4 Å². The van der Waals surface area contributed by atoms with E-state index >= 15 is 0 Å². The van der Waals surface area contributed by atoms with Gasteiger partial charge in [-0.25, -0.2) is 0 Å². The first kappa shape index (κ1) is 14.6. The van der Waals surface area contributed by atoms with Crippen molar-refractivity contribution >= 4 is 5.91 Å². The van der Waals surface area contributed by atoms with Crippen molar-refractivity contribution < 1.29 is 4.79 Å². The van der Waals surface area contributed by atoms with E-state index in [1.807, 2.05) is 0 Å². The Labute approximate surface area is 127 Å². The Hall–Kier alpha value is -1.35. The van der Waals surface area contributed by atoms with Crippen LogP contribution in [0, 0.1) is 5.92 Å². The second kappa shape index (κ2) is 6.61.